The number of amides is 2. The van der Waals surface area contributed by atoms with Gasteiger partial charge in [-0.05, 0) is 37.1 Å². The molecule has 1 fully saturated rings. The fraction of sp³-hybridized carbons (Fsp3) is 0.450. The Hall–Kier alpha value is -2.67. The van der Waals surface area contributed by atoms with Gasteiger partial charge in [-0.25, -0.2) is 4.68 Å². The largest absolute Gasteiger partial charge is 0.376 e. The molecule has 1 aliphatic heterocycles. The molecule has 0 saturated carbocycles. The van der Waals surface area contributed by atoms with Crippen LogP contribution in [0.2, 0.25) is 0 Å². The van der Waals surface area contributed by atoms with Crippen LogP contribution in [0.25, 0.3) is 5.69 Å². The van der Waals surface area contributed by atoms with Gasteiger partial charge in [0.25, 0.3) is 5.91 Å². The first-order valence-corrected chi connectivity index (χ1v) is 9.34. The normalized spacial score (nSPS) is 16.5. The lowest BCUT2D eigenvalue weighted by Crippen LogP contribution is -2.31. The van der Waals surface area contributed by atoms with Crippen molar-refractivity contribution in [2.24, 2.45) is 5.92 Å². The van der Waals surface area contributed by atoms with Gasteiger partial charge in [-0.15, -0.1) is 0 Å². The molecule has 0 spiro atoms. The predicted molar refractivity (Wildman–Crippen MR) is 102 cm³/mol. The maximum absolute atomic E-state index is 12.2. The number of nitrogens with zero attached hydrogens (tertiary/aromatic N) is 2. The predicted octanol–water partition coefficient (Wildman–Crippen LogP) is 2.05. The first kappa shape index (κ1) is 19.1. The summed E-state index contributed by atoms with van der Waals surface area (Å²) in [5, 5.41) is 10.1. The molecule has 1 saturated heterocycles. The Morgan fingerprint density at radius 3 is 2.70 bits per heavy atom. The molecule has 2 heterocycles. The van der Waals surface area contributed by atoms with Crippen LogP contribution in [-0.4, -0.2) is 40.9 Å². The molecule has 2 amide bonds. The molecule has 1 aromatic heterocycles. The fourth-order valence-corrected chi connectivity index (χ4v) is 2.87. The maximum atomic E-state index is 12.2. The average Bonchev–Trinajstić information content (AvgIpc) is 3.36. The minimum Gasteiger partial charge on any atom is -0.376 e. The zero-order valence-corrected chi connectivity index (χ0v) is 15.8. The van der Waals surface area contributed by atoms with E-state index in [2.05, 4.69) is 15.7 Å². The average molecular weight is 370 g/mol. The topological polar surface area (TPSA) is 85.2 Å². The summed E-state index contributed by atoms with van der Waals surface area (Å²) in [6.45, 7) is 5.49. The lowest BCUT2D eigenvalue weighted by atomic mass is 10.2. The Morgan fingerprint density at radius 2 is 2.04 bits per heavy atom. The summed E-state index contributed by atoms with van der Waals surface area (Å²) in [5.74, 6) is -0.130. The summed E-state index contributed by atoms with van der Waals surface area (Å²) in [7, 11) is 0. The monoisotopic (exact) mass is 370 g/mol. The summed E-state index contributed by atoms with van der Waals surface area (Å²) in [5.41, 5.74) is 2.38. The highest BCUT2D eigenvalue weighted by Crippen LogP contribution is 2.12. The molecule has 0 bridgehead atoms. The molecule has 7 heteroatoms. The SMILES string of the molecule is CC(C)C(=O)NCc1cnn(-c2ccc(C(=O)NC[C@@H]3CCCO3)cc2)c1. The van der Waals surface area contributed by atoms with Crippen molar-refractivity contribution >= 4 is 11.8 Å². The van der Waals surface area contributed by atoms with Gasteiger partial charge in [-0.3, -0.25) is 9.59 Å². The number of aromatic nitrogens is 2. The van der Waals surface area contributed by atoms with Crippen LogP contribution >= 0.6 is 0 Å². The van der Waals surface area contributed by atoms with Crippen molar-refractivity contribution in [3.63, 3.8) is 0 Å². The highest BCUT2D eigenvalue weighted by Gasteiger charge is 2.16. The van der Waals surface area contributed by atoms with Crippen molar-refractivity contribution in [3.05, 3.63) is 47.8 Å². The van der Waals surface area contributed by atoms with Crippen LogP contribution in [0.5, 0.6) is 0 Å². The number of hydrogen-bond acceptors (Lipinski definition) is 4. The van der Waals surface area contributed by atoms with Crippen molar-refractivity contribution in [3.8, 4) is 5.69 Å². The highest BCUT2D eigenvalue weighted by molar-refractivity contribution is 5.94. The fourth-order valence-electron chi connectivity index (χ4n) is 2.87. The Bertz CT molecular complexity index is 777. The van der Waals surface area contributed by atoms with E-state index < -0.39 is 0 Å². The van der Waals surface area contributed by atoms with Crippen molar-refractivity contribution in [1.29, 1.82) is 0 Å². The van der Waals surface area contributed by atoms with Crippen LogP contribution in [0.3, 0.4) is 0 Å². The van der Waals surface area contributed by atoms with Crippen molar-refractivity contribution < 1.29 is 14.3 Å². The number of nitrogens with one attached hydrogen (secondary N) is 2. The lowest BCUT2D eigenvalue weighted by molar-refractivity contribution is -0.124. The van der Waals surface area contributed by atoms with E-state index in [1.807, 2.05) is 32.2 Å². The number of rotatable bonds is 7. The van der Waals surface area contributed by atoms with E-state index in [-0.39, 0.29) is 23.8 Å². The van der Waals surface area contributed by atoms with E-state index in [0.29, 0.717) is 18.7 Å². The Balaban J connectivity index is 1.55. The summed E-state index contributed by atoms with van der Waals surface area (Å²) in [6, 6.07) is 7.26. The standard InChI is InChI=1S/C20H26N4O3/c1-14(2)19(25)21-10-15-11-23-24(13-15)17-7-5-16(6-8-17)20(26)22-12-18-4-3-9-27-18/h5-8,11,13-14,18H,3-4,9-10,12H2,1-2H3,(H,21,25)(H,22,26)/t18-/m0/s1. The molecule has 0 aliphatic carbocycles. The smallest absolute Gasteiger partial charge is 0.251 e. The van der Waals surface area contributed by atoms with E-state index in [1.165, 1.54) is 0 Å². The van der Waals surface area contributed by atoms with Crippen molar-refractivity contribution in [2.75, 3.05) is 13.2 Å². The van der Waals surface area contributed by atoms with E-state index in [4.69, 9.17) is 4.74 Å². The molecule has 1 atom stereocenters. The number of carbonyl (C=O) groups is 2. The molecule has 1 aliphatic rings. The number of benzene rings is 1. The molecule has 2 aromatic rings. The summed E-state index contributed by atoms with van der Waals surface area (Å²) < 4.78 is 7.24. The highest BCUT2D eigenvalue weighted by atomic mass is 16.5. The quantitative estimate of drug-likeness (QED) is 0.781. The first-order chi connectivity index (χ1) is 13.0. The molecule has 3 rings (SSSR count). The summed E-state index contributed by atoms with van der Waals surface area (Å²) >= 11 is 0. The molecular formula is C20H26N4O3. The second-order valence-electron chi connectivity index (χ2n) is 7.06. The molecular weight excluding hydrogens is 344 g/mol. The van der Waals surface area contributed by atoms with Gasteiger partial charge >= 0.3 is 0 Å². The molecule has 7 nitrogen and oxygen atoms in total. The number of carbonyl (C=O) groups excluding carboxylic acids is 2. The van der Waals surface area contributed by atoms with E-state index >= 15 is 0 Å². The Kier molecular flexibility index (Phi) is 6.24. The third kappa shape index (κ3) is 5.17. The van der Waals surface area contributed by atoms with Crippen LogP contribution in [0.1, 0.15) is 42.6 Å². The number of hydrogen-bond donors (Lipinski definition) is 2. The van der Waals surface area contributed by atoms with Gasteiger partial charge < -0.3 is 15.4 Å². The maximum Gasteiger partial charge on any atom is 0.251 e. The zero-order chi connectivity index (χ0) is 19.2. The molecule has 144 valence electrons. The lowest BCUT2D eigenvalue weighted by Gasteiger charge is -2.11. The molecule has 1 aromatic carbocycles. The van der Waals surface area contributed by atoms with E-state index in [0.717, 1.165) is 30.7 Å². The third-order valence-corrected chi connectivity index (χ3v) is 4.54. The van der Waals surface area contributed by atoms with Crippen molar-refractivity contribution in [2.45, 2.75) is 39.3 Å². The van der Waals surface area contributed by atoms with Crippen LogP contribution in [-0.2, 0) is 16.1 Å². The van der Waals surface area contributed by atoms with Gasteiger partial charge in [-0.2, -0.15) is 5.10 Å². The van der Waals surface area contributed by atoms with Crippen LogP contribution in [0.15, 0.2) is 36.7 Å². The third-order valence-electron chi connectivity index (χ3n) is 4.54. The zero-order valence-electron chi connectivity index (χ0n) is 15.8. The minimum absolute atomic E-state index is 0.0149. The van der Waals surface area contributed by atoms with Crippen LogP contribution in [0, 0.1) is 5.92 Å². The van der Waals surface area contributed by atoms with Crippen LogP contribution < -0.4 is 10.6 Å². The van der Waals surface area contributed by atoms with Gasteiger partial charge in [0.15, 0.2) is 0 Å². The van der Waals surface area contributed by atoms with Gasteiger partial charge in [0.2, 0.25) is 5.91 Å². The number of ether oxygens (including phenoxy) is 1. The molecule has 2 N–H and O–H groups in total. The molecule has 0 radical (unpaired) electrons. The second kappa shape index (κ2) is 8.81. The molecule has 0 unspecified atom stereocenters. The van der Waals surface area contributed by atoms with Gasteiger partial charge in [0.05, 0.1) is 18.0 Å². The van der Waals surface area contributed by atoms with Crippen LogP contribution in [0.4, 0.5) is 0 Å². The summed E-state index contributed by atoms with van der Waals surface area (Å²) in [4.78, 5) is 23.9. The van der Waals surface area contributed by atoms with Gasteiger partial charge in [0, 0.05) is 42.9 Å². The minimum atomic E-state index is -0.102. The van der Waals surface area contributed by atoms with Crippen molar-refractivity contribution in [1.82, 2.24) is 20.4 Å². The van der Waals surface area contributed by atoms with E-state index in [1.54, 1.807) is 23.0 Å². The van der Waals surface area contributed by atoms with Gasteiger partial charge in [-0.1, -0.05) is 13.8 Å². The Labute approximate surface area is 159 Å². The van der Waals surface area contributed by atoms with Gasteiger partial charge in [0.1, 0.15) is 0 Å². The van der Waals surface area contributed by atoms with E-state index in [9.17, 15) is 9.59 Å². The Morgan fingerprint density at radius 1 is 1.26 bits per heavy atom. The first-order valence-electron chi connectivity index (χ1n) is 9.34. The molecule has 27 heavy (non-hydrogen) atoms. The summed E-state index contributed by atoms with van der Waals surface area (Å²) in [6.07, 6.45) is 5.78. The second-order valence-corrected chi connectivity index (χ2v) is 7.06.